The molecule has 0 aliphatic heterocycles. The molecule has 1 N–H and O–H groups in total. The molecule has 0 fully saturated rings. The molecule has 0 amide bonds. The Labute approximate surface area is 132 Å². The number of pyridine rings is 1. The van der Waals surface area contributed by atoms with Gasteiger partial charge < -0.3 is 5.32 Å². The lowest BCUT2D eigenvalue weighted by molar-refractivity contribution is 0.587. The molecular weight excluding hydrogens is 297 g/mol. The first-order valence-corrected chi connectivity index (χ1v) is 7.87. The maximum absolute atomic E-state index is 13.5. The molecule has 0 unspecified atom stereocenters. The summed E-state index contributed by atoms with van der Waals surface area (Å²) in [7, 11) is 0. The Morgan fingerprint density at radius 3 is 2.77 bits per heavy atom. The molecule has 0 spiro atoms. The van der Waals surface area contributed by atoms with E-state index in [9.17, 15) is 4.39 Å². The molecule has 0 aliphatic rings. The van der Waals surface area contributed by atoms with Crippen LogP contribution in [0.4, 0.5) is 4.39 Å². The van der Waals surface area contributed by atoms with Gasteiger partial charge in [0.25, 0.3) is 0 Å². The monoisotopic (exact) mass is 313 g/mol. The summed E-state index contributed by atoms with van der Waals surface area (Å²) in [5.74, 6) is -0.182. The van der Waals surface area contributed by atoms with Gasteiger partial charge >= 0.3 is 0 Å². The maximum atomic E-state index is 13.5. The molecule has 5 heteroatoms. The standard InChI is InChI=1S/C17H16FN3S/c1-12-5-4-8-15(21-12)16-10-20-17(22-16)11-19-9-13-6-2-3-7-14(13)18/h2-8,10,19H,9,11H2,1H3. The topological polar surface area (TPSA) is 37.8 Å². The van der Waals surface area contributed by atoms with E-state index in [2.05, 4.69) is 15.3 Å². The van der Waals surface area contributed by atoms with Crippen molar-refractivity contribution in [1.29, 1.82) is 0 Å². The number of hydrogen-bond donors (Lipinski definition) is 1. The lowest BCUT2D eigenvalue weighted by Crippen LogP contribution is -2.13. The smallest absolute Gasteiger partial charge is 0.127 e. The fraction of sp³-hybridized carbons (Fsp3) is 0.176. The van der Waals surface area contributed by atoms with Gasteiger partial charge in [-0.15, -0.1) is 11.3 Å². The van der Waals surface area contributed by atoms with Gasteiger partial charge in [-0.1, -0.05) is 24.3 Å². The number of aryl methyl sites for hydroxylation is 1. The van der Waals surface area contributed by atoms with Crippen molar-refractivity contribution in [3.63, 3.8) is 0 Å². The van der Waals surface area contributed by atoms with Gasteiger partial charge in [0.15, 0.2) is 0 Å². The van der Waals surface area contributed by atoms with E-state index in [1.54, 1.807) is 23.5 Å². The molecule has 0 radical (unpaired) electrons. The highest BCUT2D eigenvalue weighted by Crippen LogP contribution is 2.24. The Morgan fingerprint density at radius 1 is 1.09 bits per heavy atom. The van der Waals surface area contributed by atoms with Crippen molar-refractivity contribution in [2.24, 2.45) is 0 Å². The largest absolute Gasteiger partial charge is 0.306 e. The van der Waals surface area contributed by atoms with Crippen molar-refractivity contribution in [2.75, 3.05) is 0 Å². The van der Waals surface area contributed by atoms with E-state index in [0.29, 0.717) is 18.7 Å². The van der Waals surface area contributed by atoms with Crippen molar-refractivity contribution in [2.45, 2.75) is 20.0 Å². The Bertz CT molecular complexity index is 770. The normalized spacial score (nSPS) is 10.8. The Hall–Kier alpha value is -2.11. The van der Waals surface area contributed by atoms with Gasteiger partial charge in [0.05, 0.1) is 10.6 Å². The molecule has 3 aromatic rings. The number of benzene rings is 1. The molecule has 2 aromatic heterocycles. The zero-order valence-electron chi connectivity index (χ0n) is 12.2. The minimum absolute atomic E-state index is 0.182. The lowest BCUT2D eigenvalue weighted by Gasteiger charge is -2.03. The average Bonchev–Trinajstić information content (AvgIpc) is 2.98. The highest BCUT2D eigenvalue weighted by Gasteiger charge is 2.06. The first-order chi connectivity index (χ1) is 10.7. The molecule has 0 saturated carbocycles. The number of nitrogens with zero attached hydrogens (tertiary/aromatic N) is 2. The number of thiazole rings is 1. The molecule has 2 heterocycles. The number of rotatable bonds is 5. The first-order valence-electron chi connectivity index (χ1n) is 7.05. The summed E-state index contributed by atoms with van der Waals surface area (Å²) in [6.45, 7) is 3.08. The molecule has 1 aromatic carbocycles. The van der Waals surface area contributed by atoms with Crippen molar-refractivity contribution in [3.8, 4) is 10.6 Å². The molecule has 0 aliphatic carbocycles. The fourth-order valence-electron chi connectivity index (χ4n) is 2.14. The van der Waals surface area contributed by atoms with E-state index in [1.807, 2.05) is 37.4 Å². The molecule has 112 valence electrons. The SMILES string of the molecule is Cc1cccc(-c2cnc(CNCc3ccccc3F)s2)n1. The van der Waals surface area contributed by atoms with Gasteiger partial charge in [0.1, 0.15) is 10.8 Å². The van der Waals surface area contributed by atoms with E-state index in [1.165, 1.54) is 6.07 Å². The van der Waals surface area contributed by atoms with Crippen LogP contribution >= 0.6 is 11.3 Å². The summed E-state index contributed by atoms with van der Waals surface area (Å²) in [6, 6.07) is 12.7. The Kier molecular flexibility index (Phi) is 4.56. The predicted molar refractivity (Wildman–Crippen MR) is 87.0 cm³/mol. The summed E-state index contributed by atoms with van der Waals surface area (Å²) < 4.78 is 13.5. The fourth-order valence-corrected chi connectivity index (χ4v) is 2.99. The zero-order valence-corrected chi connectivity index (χ0v) is 13.0. The van der Waals surface area contributed by atoms with Gasteiger partial charge in [-0.05, 0) is 25.1 Å². The van der Waals surface area contributed by atoms with E-state index >= 15 is 0 Å². The van der Waals surface area contributed by atoms with E-state index in [-0.39, 0.29) is 5.82 Å². The molecule has 3 rings (SSSR count). The van der Waals surface area contributed by atoms with Crippen LogP contribution < -0.4 is 5.32 Å². The molecule has 0 saturated heterocycles. The van der Waals surface area contributed by atoms with Crippen LogP contribution in [-0.4, -0.2) is 9.97 Å². The summed E-state index contributed by atoms with van der Waals surface area (Å²) in [5, 5.41) is 4.19. The van der Waals surface area contributed by atoms with Crippen LogP contribution in [0.1, 0.15) is 16.3 Å². The minimum atomic E-state index is -0.182. The van der Waals surface area contributed by atoms with Gasteiger partial charge in [-0.25, -0.2) is 9.37 Å². The lowest BCUT2D eigenvalue weighted by atomic mass is 10.2. The Balaban J connectivity index is 1.62. The molecule has 3 nitrogen and oxygen atoms in total. The summed E-state index contributed by atoms with van der Waals surface area (Å²) >= 11 is 1.60. The van der Waals surface area contributed by atoms with Crippen LogP contribution in [0.5, 0.6) is 0 Å². The first kappa shape index (κ1) is 14.8. The van der Waals surface area contributed by atoms with Crippen molar-refractivity contribution < 1.29 is 4.39 Å². The van der Waals surface area contributed by atoms with Gasteiger partial charge in [0.2, 0.25) is 0 Å². The maximum Gasteiger partial charge on any atom is 0.127 e. The second-order valence-corrected chi connectivity index (χ2v) is 6.09. The highest BCUT2D eigenvalue weighted by molar-refractivity contribution is 7.15. The second-order valence-electron chi connectivity index (χ2n) is 4.98. The average molecular weight is 313 g/mol. The predicted octanol–water partition coefficient (Wildman–Crippen LogP) is 3.94. The number of halogens is 1. The second kappa shape index (κ2) is 6.77. The minimum Gasteiger partial charge on any atom is -0.306 e. The molecule has 0 bridgehead atoms. The van der Waals surface area contributed by atoms with Gasteiger partial charge in [0, 0.05) is 30.5 Å². The highest BCUT2D eigenvalue weighted by atomic mass is 32.1. The van der Waals surface area contributed by atoms with E-state index in [0.717, 1.165) is 21.3 Å². The Morgan fingerprint density at radius 2 is 1.95 bits per heavy atom. The van der Waals surface area contributed by atoms with Crippen LogP contribution in [0.25, 0.3) is 10.6 Å². The van der Waals surface area contributed by atoms with Crippen molar-refractivity contribution in [3.05, 3.63) is 70.7 Å². The van der Waals surface area contributed by atoms with Gasteiger partial charge in [-0.3, -0.25) is 4.98 Å². The summed E-state index contributed by atoms with van der Waals surface area (Å²) in [6.07, 6.45) is 1.84. The van der Waals surface area contributed by atoms with Crippen LogP contribution in [0, 0.1) is 12.7 Å². The third kappa shape index (κ3) is 3.55. The van der Waals surface area contributed by atoms with Gasteiger partial charge in [-0.2, -0.15) is 0 Å². The van der Waals surface area contributed by atoms with Crippen LogP contribution in [0.3, 0.4) is 0 Å². The van der Waals surface area contributed by atoms with Crippen molar-refractivity contribution in [1.82, 2.24) is 15.3 Å². The number of aromatic nitrogens is 2. The molecular formula is C17H16FN3S. The third-order valence-electron chi connectivity index (χ3n) is 3.24. The van der Waals surface area contributed by atoms with Crippen molar-refractivity contribution >= 4 is 11.3 Å². The third-order valence-corrected chi connectivity index (χ3v) is 4.26. The molecule has 0 atom stereocenters. The quantitative estimate of drug-likeness (QED) is 0.775. The number of nitrogens with one attached hydrogen (secondary N) is 1. The van der Waals surface area contributed by atoms with Crippen LogP contribution in [-0.2, 0) is 13.1 Å². The summed E-state index contributed by atoms with van der Waals surface area (Å²) in [5.41, 5.74) is 2.60. The summed E-state index contributed by atoms with van der Waals surface area (Å²) in [4.78, 5) is 9.94. The van der Waals surface area contributed by atoms with E-state index in [4.69, 9.17) is 0 Å². The van der Waals surface area contributed by atoms with Crippen LogP contribution in [0.2, 0.25) is 0 Å². The molecule has 22 heavy (non-hydrogen) atoms. The van der Waals surface area contributed by atoms with E-state index < -0.39 is 0 Å². The number of hydrogen-bond acceptors (Lipinski definition) is 4. The zero-order chi connectivity index (χ0) is 15.4. The van der Waals surface area contributed by atoms with Crippen LogP contribution in [0.15, 0.2) is 48.7 Å².